The van der Waals surface area contributed by atoms with Gasteiger partial charge < -0.3 is 24.6 Å². The smallest absolute Gasteiger partial charge is 0.478 e. The number of carbonyl (C=O) groups is 1. The molecule has 2 aromatic rings. The van der Waals surface area contributed by atoms with E-state index in [0.29, 0.717) is 31.7 Å². The highest BCUT2D eigenvalue weighted by molar-refractivity contribution is 14.2. The molecule has 0 bridgehead atoms. The molecule has 1 aliphatic rings. The summed E-state index contributed by atoms with van der Waals surface area (Å²) >= 11 is -0.421. The van der Waals surface area contributed by atoms with Crippen molar-refractivity contribution in [2.45, 2.75) is 51.6 Å². The molecule has 10 heteroatoms. The number of hydrogen-bond acceptors (Lipinski definition) is 5. The monoisotopic (exact) mass is 645 g/mol. The molecule has 0 atom stereocenters. The molecule has 0 saturated carbocycles. The van der Waals surface area contributed by atoms with E-state index >= 15 is 0 Å². The molecule has 1 aliphatic heterocycles. The molecule has 0 aromatic heterocycles. The summed E-state index contributed by atoms with van der Waals surface area (Å²) in [5.74, 6) is -0.838. The Labute approximate surface area is 230 Å². The van der Waals surface area contributed by atoms with Gasteiger partial charge >= 0.3 is 12.3 Å². The predicted octanol–water partition coefficient (Wildman–Crippen LogP) is 6.20. The number of ether oxygens (including phenoxy) is 2. The van der Waals surface area contributed by atoms with Crippen molar-refractivity contribution in [2.24, 2.45) is 0 Å². The van der Waals surface area contributed by atoms with Gasteiger partial charge in [-0.3, -0.25) is 0 Å². The number of allylic oxidation sites excluding steroid dienone is 3. The van der Waals surface area contributed by atoms with Gasteiger partial charge in [0, 0.05) is 19.7 Å². The summed E-state index contributed by atoms with van der Waals surface area (Å²) in [4.78, 5) is 13.6. The van der Waals surface area contributed by atoms with Crippen LogP contribution in [0, 0.1) is 0 Å². The maximum Gasteiger partial charge on any atom is 0.573 e. The lowest BCUT2D eigenvalue weighted by molar-refractivity contribution is -0.274. The van der Waals surface area contributed by atoms with Crippen LogP contribution in [-0.4, -0.2) is 50.2 Å². The van der Waals surface area contributed by atoms with Gasteiger partial charge in [0.1, 0.15) is 11.5 Å². The summed E-state index contributed by atoms with van der Waals surface area (Å²) in [7, 11) is 0. The van der Waals surface area contributed by atoms with Crippen LogP contribution in [0.3, 0.4) is 0 Å². The summed E-state index contributed by atoms with van der Waals surface area (Å²) in [6, 6.07) is 13.2. The second kappa shape index (κ2) is 13.3. The standard InChI is InChI=1S/C28H31F3INO5/c1-27(2,26(35)36)37-23-10-5-20(6-11-23)15-16-33(25-14-9-21(18-32-25)4-3-17-34)19-22-7-12-24(13-8-22)38-28(29,30)31/h5-14,18,34H,3-4,15-17,19H2,1-2H3,(H,35,36). The van der Waals surface area contributed by atoms with E-state index in [4.69, 9.17) is 9.84 Å². The van der Waals surface area contributed by atoms with E-state index in [9.17, 15) is 23.1 Å². The molecule has 0 amide bonds. The average molecular weight is 645 g/mol. The zero-order valence-electron chi connectivity index (χ0n) is 21.2. The van der Waals surface area contributed by atoms with Crippen LogP contribution in [0.5, 0.6) is 11.5 Å². The third-order valence-electron chi connectivity index (χ3n) is 5.68. The highest BCUT2D eigenvalue weighted by Gasteiger charge is 2.31. The van der Waals surface area contributed by atoms with E-state index in [2.05, 4.69) is 25.8 Å². The van der Waals surface area contributed by atoms with Crippen molar-refractivity contribution in [2.75, 3.05) is 13.2 Å². The first-order chi connectivity index (χ1) is 17.9. The average Bonchev–Trinajstić information content (AvgIpc) is 2.86. The number of carboxylic acids is 1. The molecule has 0 saturated heterocycles. The van der Waals surface area contributed by atoms with Crippen molar-refractivity contribution in [3.8, 4) is 11.5 Å². The highest BCUT2D eigenvalue weighted by Crippen LogP contribution is 2.29. The Morgan fingerprint density at radius 3 is 2.05 bits per heavy atom. The number of benzene rings is 2. The summed E-state index contributed by atoms with van der Waals surface area (Å²) in [6.07, 6.45) is 1.69. The summed E-state index contributed by atoms with van der Waals surface area (Å²) in [5.41, 5.74) is 1.78. The van der Waals surface area contributed by atoms with Crippen LogP contribution in [0.2, 0.25) is 0 Å². The first-order valence-electron chi connectivity index (χ1n) is 12.0. The van der Waals surface area contributed by atoms with Crippen molar-refractivity contribution < 1.29 is 37.7 Å². The SMILES string of the molecule is CC(C)(Oc1ccc(CCN(Cc2ccc(OC(F)(F)F)cc2)C2=CC=C(CCCO)C=I2)cc1)C(=O)O. The molecule has 38 heavy (non-hydrogen) atoms. The number of nitrogens with zero attached hydrogens (tertiary/aromatic N) is 1. The maximum atomic E-state index is 12.5. The summed E-state index contributed by atoms with van der Waals surface area (Å²) in [5, 5.41) is 18.4. The molecule has 1 heterocycles. The van der Waals surface area contributed by atoms with Crippen LogP contribution >= 0.6 is 20.7 Å². The summed E-state index contributed by atoms with van der Waals surface area (Å²) < 4.78 is 50.5. The van der Waals surface area contributed by atoms with Crippen molar-refractivity contribution >= 4 is 30.7 Å². The summed E-state index contributed by atoms with van der Waals surface area (Å²) in [6.45, 7) is 4.34. The zero-order chi connectivity index (χ0) is 27.8. The molecule has 0 fully saturated rings. The Balaban J connectivity index is 1.72. The molecular weight excluding hydrogens is 614 g/mol. The molecule has 3 rings (SSSR count). The molecular formula is C28H31F3INO5. The Bertz CT molecular complexity index is 1170. The number of aliphatic hydroxyl groups is 1. The Morgan fingerprint density at radius 2 is 1.53 bits per heavy atom. The van der Waals surface area contributed by atoms with Crippen molar-refractivity contribution in [1.82, 2.24) is 4.90 Å². The van der Waals surface area contributed by atoms with Gasteiger partial charge in [0.15, 0.2) is 5.60 Å². The van der Waals surface area contributed by atoms with E-state index in [1.54, 1.807) is 24.3 Å². The number of halogens is 4. The lowest BCUT2D eigenvalue weighted by Crippen LogP contribution is -2.37. The first kappa shape index (κ1) is 29.7. The largest absolute Gasteiger partial charge is 0.573 e. The molecule has 0 unspecified atom stereocenters. The Kier molecular flexibility index (Phi) is 10.4. The van der Waals surface area contributed by atoms with Gasteiger partial charge in [-0.05, 0) is 84.2 Å². The first-order valence-corrected chi connectivity index (χ1v) is 14.4. The molecule has 0 spiro atoms. The van der Waals surface area contributed by atoms with Crippen LogP contribution in [0.15, 0.2) is 70.0 Å². The van der Waals surface area contributed by atoms with Gasteiger partial charge in [-0.25, -0.2) is 4.79 Å². The quantitative estimate of drug-likeness (QED) is 0.200. The van der Waals surface area contributed by atoms with Crippen LogP contribution in [-0.2, 0) is 17.8 Å². The third-order valence-corrected chi connectivity index (χ3v) is 8.47. The van der Waals surface area contributed by atoms with Crippen molar-refractivity contribution in [3.05, 3.63) is 81.1 Å². The minimum atomic E-state index is -4.73. The van der Waals surface area contributed by atoms with Gasteiger partial charge in [0.2, 0.25) is 0 Å². The molecule has 2 N–H and O–H groups in total. The van der Waals surface area contributed by atoms with Gasteiger partial charge in [0.05, 0.1) is 3.70 Å². The molecule has 0 aliphatic carbocycles. The normalized spacial score (nSPS) is 13.7. The van der Waals surface area contributed by atoms with E-state index in [1.165, 1.54) is 35.3 Å². The minimum absolute atomic E-state index is 0.151. The fourth-order valence-corrected chi connectivity index (χ4v) is 6.01. The van der Waals surface area contributed by atoms with E-state index in [-0.39, 0.29) is 12.4 Å². The topological polar surface area (TPSA) is 79.2 Å². The highest BCUT2D eigenvalue weighted by atomic mass is 127. The second-order valence-corrected chi connectivity index (χ2v) is 11.6. The molecule has 2 aromatic carbocycles. The lowest BCUT2D eigenvalue weighted by Gasteiger charge is -2.27. The fourth-order valence-electron chi connectivity index (χ4n) is 3.57. The number of alkyl halides is 3. The van der Waals surface area contributed by atoms with E-state index in [1.807, 2.05) is 12.1 Å². The predicted molar refractivity (Wildman–Crippen MR) is 149 cm³/mol. The maximum absolute atomic E-state index is 12.5. The molecule has 6 nitrogen and oxygen atoms in total. The number of aliphatic hydroxyl groups excluding tert-OH is 1. The van der Waals surface area contributed by atoms with Crippen LogP contribution in [0.25, 0.3) is 0 Å². The number of hydrogen-bond donors (Lipinski definition) is 2. The van der Waals surface area contributed by atoms with Gasteiger partial charge in [0.25, 0.3) is 0 Å². The number of rotatable bonds is 13. The van der Waals surface area contributed by atoms with Crippen molar-refractivity contribution in [3.63, 3.8) is 0 Å². The van der Waals surface area contributed by atoms with Gasteiger partial charge in [-0.1, -0.05) is 51.1 Å². The van der Waals surface area contributed by atoms with Gasteiger partial charge in [-0.2, -0.15) is 0 Å². The second-order valence-electron chi connectivity index (χ2n) is 9.20. The van der Waals surface area contributed by atoms with Crippen molar-refractivity contribution in [1.29, 1.82) is 0 Å². The molecule has 206 valence electrons. The Hall–Kier alpha value is -2.86. The van der Waals surface area contributed by atoms with Crippen LogP contribution in [0.1, 0.15) is 37.8 Å². The van der Waals surface area contributed by atoms with Crippen LogP contribution in [0.4, 0.5) is 13.2 Å². The van der Waals surface area contributed by atoms with Gasteiger partial charge in [-0.15, -0.1) is 13.2 Å². The van der Waals surface area contributed by atoms with E-state index in [0.717, 1.165) is 17.5 Å². The van der Waals surface area contributed by atoms with E-state index < -0.39 is 38.7 Å². The third kappa shape index (κ3) is 9.46. The molecule has 0 radical (unpaired) electrons. The number of carboxylic acid groups (broad SMARTS) is 1. The van der Waals surface area contributed by atoms with Crippen LogP contribution < -0.4 is 9.47 Å². The zero-order valence-corrected chi connectivity index (χ0v) is 23.3. The fraction of sp³-hybridized carbons (Fsp3) is 0.357. The number of aliphatic carboxylic acids is 1. The lowest BCUT2D eigenvalue weighted by atomic mass is 10.1. The Morgan fingerprint density at radius 1 is 0.921 bits per heavy atom. The minimum Gasteiger partial charge on any atom is -0.478 e.